The fraction of sp³-hybridized carbons (Fsp3) is 0.429. The number of hydrogen-bond donors (Lipinski definition) is 1. The van der Waals surface area contributed by atoms with Gasteiger partial charge in [-0.05, 0) is 18.9 Å². The number of carbonyl (C=O) groups excluding carboxylic acids is 2. The Labute approximate surface area is 134 Å². The summed E-state index contributed by atoms with van der Waals surface area (Å²) in [4.78, 5) is 34.9. The van der Waals surface area contributed by atoms with E-state index in [0.29, 0.717) is 10.5 Å². The molecule has 7 nitrogen and oxygen atoms in total. The Hall–Kier alpha value is -2.65. The molecule has 1 saturated heterocycles. The van der Waals surface area contributed by atoms with Crippen LogP contribution < -0.4 is 5.32 Å². The summed E-state index contributed by atoms with van der Waals surface area (Å²) in [5.41, 5.74) is 0.171. The molecule has 1 aliphatic heterocycles. The predicted octanol–water partition coefficient (Wildman–Crippen LogP) is 1.80. The number of nitro groups is 1. The molecule has 1 aromatic carbocycles. The monoisotopic (exact) mass is 345 g/mol. The van der Waals surface area contributed by atoms with Gasteiger partial charge in [-0.3, -0.25) is 19.7 Å². The fourth-order valence-electron chi connectivity index (χ4n) is 2.45. The molecular formula is C14H14F3N3O4. The average molecular weight is 345 g/mol. The average Bonchev–Trinajstić information content (AvgIpc) is 2.78. The number of aryl methyl sites for hydroxylation is 1. The minimum atomic E-state index is -4.51. The van der Waals surface area contributed by atoms with Crippen molar-refractivity contribution < 1.29 is 27.7 Å². The van der Waals surface area contributed by atoms with Gasteiger partial charge in [0.05, 0.1) is 4.92 Å². The molecule has 1 heterocycles. The van der Waals surface area contributed by atoms with Crippen LogP contribution in [0.5, 0.6) is 0 Å². The molecule has 10 heteroatoms. The first-order valence-electron chi connectivity index (χ1n) is 7.00. The summed E-state index contributed by atoms with van der Waals surface area (Å²) >= 11 is 0. The molecule has 0 bridgehead atoms. The maximum Gasteiger partial charge on any atom is 0.406 e. The first kappa shape index (κ1) is 17.7. The highest BCUT2D eigenvalue weighted by Gasteiger charge is 2.40. The van der Waals surface area contributed by atoms with Gasteiger partial charge >= 0.3 is 6.18 Å². The van der Waals surface area contributed by atoms with E-state index in [9.17, 15) is 32.9 Å². The van der Waals surface area contributed by atoms with Gasteiger partial charge in [-0.15, -0.1) is 0 Å². The van der Waals surface area contributed by atoms with Crippen molar-refractivity contribution in [3.05, 3.63) is 39.4 Å². The number of hydrogen-bond acceptors (Lipinski definition) is 4. The van der Waals surface area contributed by atoms with E-state index in [1.165, 1.54) is 12.1 Å². The quantitative estimate of drug-likeness (QED) is 0.665. The third-order valence-corrected chi connectivity index (χ3v) is 3.65. The lowest BCUT2D eigenvalue weighted by Crippen LogP contribution is -2.43. The minimum Gasteiger partial charge on any atom is -0.340 e. The molecule has 0 unspecified atom stereocenters. The van der Waals surface area contributed by atoms with Crippen molar-refractivity contribution in [3.63, 3.8) is 0 Å². The van der Waals surface area contributed by atoms with Crippen LogP contribution in [0.15, 0.2) is 18.2 Å². The van der Waals surface area contributed by atoms with Crippen molar-refractivity contribution in [2.24, 2.45) is 0 Å². The number of amides is 2. The number of halogens is 3. The summed E-state index contributed by atoms with van der Waals surface area (Å²) in [6.45, 7) is 0.0797. The molecule has 0 radical (unpaired) electrons. The number of nitro benzene ring substituents is 1. The standard InChI is InChI=1S/C14H14F3N3O4/c1-8-2-3-9(20(23)24)6-10(8)12(21)18-11-4-5-19(13(11)22)7-14(15,16)17/h2-3,6,11H,4-5,7H2,1H3,(H,18,21)/t11-/m0/s1. The van der Waals surface area contributed by atoms with Gasteiger partial charge in [-0.25, -0.2) is 0 Å². The van der Waals surface area contributed by atoms with Crippen LogP contribution in [0.4, 0.5) is 18.9 Å². The number of nitrogens with zero attached hydrogens (tertiary/aromatic N) is 2. The van der Waals surface area contributed by atoms with E-state index in [1.54, 1.807) is 6.92 Å². The second-order valence-corrected chi connectivity index (χ2v) is 5.45. The van der Waals surface area contributed by atoms with Gasteiger partial charge < -0.3 is 10.2 Å². The van der Waals surface area contributed by atoms with Gasteiger partial charge in [0.15, 0.2) is 0 Å². The van der Waals surface area contributed by atoms with Crippen molar-refractivity contribution in [2.45, 2.75) is 25.6 Å². The zero-order valence-corrected chi connectivity index (χ0v) is 12.6. The minimum absolute atomic E-state index is 0.00581. The molecule has 0 aromatic heterocycles. The topological polar surface area (TPSA) is 92.5 Å². The smallest absolute Gasteiger partial charge is 0.340 e. The fourth-order valence-corrected chi connectivity index (χ4v) is 2.45. The van der Waals surface area contributed by atoms with Crippen LogP contribution in [0.2, 0.25) is 0 Å². The van der Waals surface area contributed by atoms with Gasteiger partial charge in [0.2, 0.25) is 5.91 Å². The molecular weight excluding hydrogens is 331 g/mol. The molecule has 1 fully saturated rings. The highest BCUT2D eigenvalue weighted by Crippen LogP contribution is 2.22. The van der Waals surface area contributed by atoms with E-state index in [-0.39, 0.29) is 24.2 Å². The summed E-state index contributed by atoms with van der Waals surface area (Å²) in [6, 6.07) is 2.62. The van der Waals surface area contributed by atoms with Gasteiger partial charge in [0.1, 0.15) is 12.6 Å². The number of carbonyl (C=O) groups is 2. The molecule has 130 valence electrons. The Bertz CT molecular complexity index is 690. The Balaban J connectivity index is 2.09. The Kier molecular flexibility index (Phi) is 4.76. The first-order chi connectivity index (χ1) is 11.1. The normalized spacial score (nSPS) is 17.9. The predicted molar refractivity (Wildman–Crippen MR) is 76.3 cm³/mol. The van der Waals surface area contributed by atoms with Gasteiger partial charge in [0.25, 0.3) is 11.6 Å². The Morgan fingerprint density at radius 2 is 2.12 bits per heavy atom. The van der Waals surface area contributed by atoms with Crippen LogP contribution >= 0.6 is 0 Å². The molecule has 1 aliphatic rings. The van der Waals surface area contributed by atoms with Crippen LogP contribution in [0.25, 0.3) is 0 Å². The molecule has 0 spiro atoms. The maximum absolute atomic E-state index is 12.4. The number of likely N-dealkylation sites (tertiary alicyclic amines) is 1. The lowest BCUT2D eigenvalue weighted by atomic mass is 10.1. The summed E-state index contributed by atoms with van der Waals surface area (Å²) < 4.78 is 37.1. The van der Waals surface area contributed by atoms with Crippen LogP contribution in [0.1, 0.15) is 22.3 Å². The molecule has 1 atom stereocenters. The molecule has 24 heavy (non-hydrogen) atoms. The first-order valence-corrected chi connectivity index (χ1v) is 7.00. The van der Waals surface area contributed by atoms with Crippen molar-refractivity contribution in [2.75, 3.05) is 13.1 Å². The van der Waals surface area contributed by atoms with Crippen molar-refractivity contribution in [1.82, 2.24) is 10.2 Å². The SMILES string of the molecule is Cc1ccc([N+](=O)[O-])cc1C(=O)N[C@H]1CCN(CC(F)(F)F)C1=O. The second-order valence-electron chi connectivity index (χ2n) is 5.45. The van der Waals surface area contributed by atoms with Crippen molar-refractivity contribution in [3.8, 4) is 0 Å². The highest BCUT2D eigenvalue weighted by molar-refractivity contribution is 5.99. The van der Waals surface area contributed by atoms with E-state index in [1.807, 2.05) is 0 Å². The van der Waals surface area contributed by atoms with Gasteiger partial charge in [0, 0.05) is 24.2 Å². The third kappa shape index (κ3) is 4.00. The van der Waals surface area contributed by atoms with E-state index < -0.39 is 35.5 Å². The zero-order valence-electron chi connectivity index (χ0n) is 12.6. The lowest BCUT2D eigenvalue weighted by Gasteiger charge is -2.18. The molecule has 1 aromatic rings. The van der Waals surface area contributed by atoms with Crippen LogP contribution in [-0.2, 0) is 4.79 Å². The molecule has 2 rings (SSSR count). The van der Waals surface area contributed by atoms with Gasteiger partial charge in [-0.1, -0.05) is 6.07 Å². The number of non-ortho nitro benzene ring substituents is 1. The van der Waals surface area contributed by atoms with Crippen LogP contribution in [0.3, 0.4) is 0 Å². The summed E-state index contributed by atoms with van der Waals surface area (Å²) in [5.74, 6) is -1.55. The van der Waals surface area contributed by atoms with E-state index >= 15 is 0 Å². The second kappa shape index (κ2) is 6.46. The highest BCUT2D eigenvalue weighted by atomic mass is 19.4. The van der Waals surface area contributed by atoms with Crippen molar-refractivity contribution >= 4 is 17.5 Å². The van der Waals surface area contributed by atoms with Crippen LogP contribution in [-0.4, -0.2) is 46.9 Å². The lowest BCUT2D eigenvalue weighted by molar-refractivity contribution is -0.384. The van der Waals surface area contributed by atoms with E-state index in [2.05, 4.69) is 5.32 Å². The van der Waals surface area contributed by atoms with Crippen molar-refractivity contribution in [1.29, 1.82) is 0 Å². The Morgan fingerprint density at radius 3 is 2.71 bits per heavy atom. The van der Waals surface area contributed by atoms with Crippen LogP contribution in [0, 0.1) is 17.0 Å². The summed E-state index contributed by atoms with van der Waals surface area (Å²) in [7, 11) is 0. The number of alkyl halides is 3. The summed E-state index contributed by atoms with van der Waals surface area (Å²) in [6.07, 6.45) is -4.46. The number of nitrogens with one attached hydrogen (secondary N) is 1. The molecule has 0 aliphatic carbocycles. The maximum atomic E-state index is 12.4. The molecule has 0 saturated carbocycles. The Morgan fingerprint density at radius 1 is 1.46 bits per heavy atom. The van der Waals surface area contributed by atoms with E-state index in [4.69, 9.17) is 0 Å². The van der Waals surface area contributed by atoms with E-state index in [0.717, 1.165) is 6.07 Å². The number of benzene rings is 1. The zero-order chi connectivity index (χ0) is 18.1. The molecule has 1 N–H and O–H groups in total. The largest absolute Gasteiger partial charge is 0.406 e. The van der Waals surface area contributed by atoms with Gasteiger partial charge in [-0.2, -0.15) is 13.2 Å². The summed E-state index contributed by atoms with van der Waals surface area (Å²) in [5, 5.41) is 13.1. The third-order valence-electron chi connectivity index (χ3n) is 3.65. The number of rotatable bonds is 4. The molecule has 2 amide bonds.